The molecule has 4 rings (SSSR count). The molecule has 0 radical (unpaired) electrons. The number of amides is 3. The number of benzene rings is 3. The SMILES string of the molecule is O=C1NC(Cc2ccccc2)C(=O)N1c1ccc2ccccc2c1. The zero-order valence-electron chi connectivity index (χ0n) is 13.0. The van der Waals surface area contributed by atoms with Crippen molar-refractivity contribution in [3.05, 3.63) is 78.4 Å². The zero-order valence-corrected chi connectivity index (χ0v) is 13.0. The van der Waals surface area contributed by atoms with Gasteiger partial charge in [0.1, 0.15) is 6.04 Å². The maximum Gasteiger partial charge on any atom is 0.329 e. The summed E-state index contributed by atoms with van der Waals surface area (Å²) in [4.78, 5) is 26.3. The van der Waals surface area contributed by atoms with Crippen molar-refractivity contribution in [1.29, 1.82) is 0 Å². The number of rotatable bonds is 3. The van der Waals surface area contributed by atoms with E-state index in [2.05, 4.69) is 5.32 Å². The number of carbonyl (C=O) groups excluding carboxylic acids is 2. The molecule has 3 amide bonds. The summed E-state index contributed by atoms with van der Waals surface area (Å²) in [6.07, 6.45) is 0.496. The molecule has 0 aliphatic carbocycles. The van der Waals surface area contributed by atoms with Gasteiger partial charge in [0, 0.05) is 6.42 Å². The summed E-state index contributed by atoms with van der Waals surface area (Å²) in [7, 11) is 0. The normalized spacial score (nSPS) is 17.3. The third kappa shape index (κ3) is 2.52. The van der Waals surface area contributed by atoms with Gasteiger partial charge in [0.25, 0.3) is 5.91 Å². The summed E-state index contributed by atoms with van der Waals surface area (Å²) in [5.41, 5.74) is 1.63. The van der Waals surface area contributed by atoms with Crippen LogP contribution in [0.2, 0.25) is 0 Å². The van der Waals surface area contributed by atoms with Gasteiger partial charge >= 0.3 is 6.03 Å². The molecular formula is C20H16N2O2. The molecule has 24 heavy (non-hydrogen) atoms. The molecule has 1 aliphatic rings. The maximum atomic E-state index is 12.7. The van der Waals surface area contributed by atoms with Gasteiger partial charge in [-0.25, -0.2) is 9.69 Å². The Balaban J connectivity index is 1.63. The first-order valence-corrected chi connectivity index (χ1v) is 7.89. The van der Waals surface area contributed by atoms with Crippen molar-refractivity contribution in [1.82, 2.24) is 5.32 Å². The van der Waals surface area contributed by atoms with E-state index in [1.807, 2.05) is 72.8 Å². The summed E-state index contributed by atoms with van der Waals surface area (Å²) in [6, 6.07) is 22.3. The lowest BCUT2D eigenvalue weighted by Gasteiger charge is -2.14. The predicted octanol–water partition coefficient (Wildman–Crippen LogP) is 3.51. The highest BCUT2D eigenvalue weighted by Gasteiger charge is 2.38. The van der Waals surface area contributed by atoms with E-state index in [4.69, 9.17) is 0 Å². The number of anilines is 1. The van der Waals surface area contributed by atoms with Crippen molar-refractivity contribution < 1.29 is 9.59 Å². The second-order valence-corrected chi connectivity index (χ2v) is 5.90. The lowest BCUT2D eigenvalue weighted by atomic mass is 10.1. The first-order chi connectivity index (χ1) is 11.7. The van der Waals surface area contributed by atoms with Crippen LogP contribution in [0.4, 0.5) is 10.5 Å². The van der Waals surface area contributed by atoms with Gasteiger partial charge in [0.15, 0.2) is 0 Å². The minimum absolute atomic E-state index is 0.209. The molecule has 1 aliphatic heterocycles. The first-order valence-electron chi connectivity index (χ1n) is 7.89. The van der Waals surface area contributed by atoms with Crippen molar-refractivity contribution in [2.45, 2.75) is 12.5 Å². The number of nitrogens with zero attached hydrogens (tertiary/aromatic N) is 1. The molecule has 4 heteroatoms. The van der Waals surface area contributed by atoms with Gasteiger partial charge in [-0.05, 0) is 28.5 Å². The Morgan fingerprint density at radius 3 is 2.33 bits per heavy atom. The number of fused-ring (bicyclic) bond motifs is 1. The van der Waals surface area contributed by atoms with Crippen LogP contribution in [0.25, 0.3) is 10.8 Å². The Hall–Kier alpha value is -3.14. The molecule has 1 fully saturated rings. The fourth-order valence-electron chi connectivity index (χ4n) is 3.08. The number of hydrogen-bond acceptors (Lipinski definition) is 2. The van der Waals surface area contributed by atoms with Gasteiger partial charge in [-0.1, -0.05) is 60.7 Å². The standard InChI is InChI=1S/C20H16N2O2/c23-19-18(12-14-6-2-1-3-7-14)21-20(24)22(19)17-11-10-15-8-4-5-9-16(15)13-17/h1-11,13,18H,12H2,(H,21,24). The predicted molar refractivity (Wildman–Crippen MR) is 93.9 cm³/mol. The van der Waals surface area contributed by atoms with E-state index in [9.17, 15) is 9.59 Å². The highest BCUT2D eigenvalue weighted by atomic mass is 16.2. The number of nitrogens with one attached hydrogen (secondary N) is 1. The first kappa shape index (κ1) is 14.5. The fraction of sp³-hybridized carbons (Fsp3) is 0.100. The Morgan fingerprint density at radius 1 is 0.833 bits per heavy atom. The quantitative estimate of drug-likeness (QED) is 0.752. The molecule has 3 aromatic carbocycles. The average molecular weight is 316 g/mol. The van der Waals surface area contributed by atoms with Gasteiger partial charge in [0.05, 0.1) is 5.69 Å². The number of hydrogen-bond donors (Lipinski definition) is 1. The highest BCUT2D eigenvalue weighted by Crippen LogP contribution is 2.25. The molecule has 0 saturated carbocycles. The van der Waals surface area contributed by atoms with E-state index in [1.54, 1.807) is 0 Å². The van der Waals surface area contributed by atoms with Crippen LogP contribution in [-0.4, -0.2) is 18.0 Å². The molecular weight excluding hydrogens is 300 g/mol. The molecule has 4 nitrogen and oxygen atoms in total. The van der Waals surface area contributed by atoms with Crippen molar-refractivity contribution in [2.75, 3.05) is 4.90 Å². The van der Waals surface area contributed by atoms with Crippen molar-refractivity contribution in [2.24, 2.45) is 0 Å². The van der Waals surface area contributed by atoms with E-state index >= 15 is 0 Å². The van der Waals surface area contributed by atoms with Crippen molar-refractivity contribution >= 4 is 28.4 Å². The summed E-state index contributed by atoms with van der Waals surface area (Å²) in [6.45, 7) is 0. The van der Waals surface area contributed by atoms with Crippen LogP contribution in [0, 0.1) is 0 Å². The Labute approximate surface area is 139 Å². The Morgan fingerprint density at radius 2 is 1.54 bits per heavy atom. The highest BCUT2D eigenvalue weighted by molar-refractivity contribution is 6.21. The topological polar surface area (TPSA) is 49.4 Å². The smallest absolute Gasteiger partial charge is 0.325 e. The van der Waals surface area contributed by atoms with E-state index in [0.717, 1.165) is 16.3 Å². The van der Waals surface area contributed by atoms with Crippen LogP contribution in [0.1, 0.15) is 5.56 Å². The molecule has 0 aromatic heterocycles. The van der Waals surface area contributed by atoms with E-state index in [-0.39, 0.29) is 11.9 Å². The average Bonchev–Trinajstić information content (AvgIpc) is 2.89. The van der Waals surface area contributed by atoms with Gasteiger partial charge in [-0.15, -0.1) is 0 Å². The number of imide groups is 1. The molecule has 118 valence electrons. The summed E-state index contributed by atoms with van der Waals surface area (Å²) < 4.78 is 0. The third-order valence-electron chi connectivity index (χ3n) is 4.29. The molecule has 1 N–H and O–H groups in total. The zero-order chi connectivity index (χ0) is 16.5. The fourth-order valence-corrected chi connectivity index (χ4v) is 3.08. The van der Waals surface area contributed by atoms with Gasteiger partial charge in [-0.3, -0.25) is 4.79 Å². The van der Waals surface area contributed by atoms with Crippen LogP contribution < -0.4 is 10.2 Å². The molecule has 1 atom stereocenters. The summed E-state index contributed by atoms with van der Waals surface area (Å²) in [5, 5.41) is 4.87. The second kappa shape index (κ2) is 5.81. The molecule has 3 aromatic rings. The molecule has 0 bridgehead atoms. The minimum atomic E-state index is -0.522. The van der Waals surface area contributed by atoms with Gasteiger partial charge in [0.2, 0.25) is 0 Å². The summed E-state index contributed by atoms with van der Waals surface area (Å²) in [5.74, 6) is -0.209. The second-order valence-electron chi connectivity index (χ2n) is 5.90. The van der Waals surface area contributed by atoms with Crippen molar-refractivity contribution in [3.8, 4) is 0 Å². The molecule has 1 unspecified atom stereocenters. The molecule has 0 spiro atoms. The van der Waals surface area contributed by atoms with Gasteiger partial charge in [-0.2, -0.15) is 0 Å². The van der Waals surface area contributed by atoms with Crippen molar-refractivity contribution in [3.63, 3.8) is 0 Å². The van der Waals surface area contributed by atoms with E-state index in [0.29, 0.717) is 12.1 Å². The lowest BCUT2D eigenvalue weighted by molar-refractivity contribution is -0.118. The Kier molecular flexibility index (Phi) is 3.50. The van der Waals surface area contributed by atoms with Gasteiger partial charge < -0.3 is 5.32 Å². The molecule has 1 heterocycles. The third-order valence-corrected chi connectivity index (χ3v) is 4.29. The Bertz CT molecular complexity index is 921. The van der Waals surface area contributed by atoms with Crippen LogP contribution in [-0.2, 0) is 11.2 Å². The van der Waals surface area contributed by atoms with E-state index < -0.39 is 6.04 Å². The van der Waals surface area contributed by atoms with Crippen LogP contribution >= 0.6 is 0 Å². The number of carbonyl (C=O) groups is 2. The molecule has 1 saturated heterocycles. The summed E-state index contributed by atoms with van der Waals surface area (Å²) >= 11 is 0. The van der Waals surface area contributed by atoms with Crippen LogP contribution in [0.5, 0.6) is 0 Å². The van der Waals surface area contributed by atoms with Crippen LogP contribution in [0.3, 0.4) is 0 Å². The largest absolute Gasteiger partial charge is 0.329 e. The minimum Gasteiger partial charge on any atom is -0.325 e. The van der Waals surface area contributed by atoms with Crippen LogP contribution in [0.15, 0.2) is 72.8 Å². The number of urea groups is 1. The lowest BCUT2D eigenvalue weighted by Crippen LogP contribution is -2.32. The maximum absolute atomic E-state index is 12.7. The van der Waals surface area contributed by atoms with E-state index in [1.165, 1.54) is 4.90 Å². The monoisotopic (exact) mass is 316 g/mol.